The molecule has 0 radical (unpaired) electrons. The molecular weight excluding hydrogens is 380 g/mol. The maximum Gasteiger partial charge on any atom is 0.206 e. The van der Waals surface area contributed by atoms with Crippen LogP contribution in [0, 0.1) is 34.0 Å². The van der Waals surface area contributed by atoms with Crippen LogP contribution in [-0.4, -0.2) is 44.8 Å². The number of guanidine groups is 1. The quantitative estimate of drug-likeness (QED) is 0.236. The third kappa shape index (κ3) is 3.11. The number of nitrogens with zero attached hydrogens (tertiary/aromatic N) is 1. The Morgan fingerprint density at radius 2 is 1.87 bits per heavy atom. The molecule has 4 aliphatic rings. The van der Waals surface area contributed by atoms with Crippen molar-refractivity contribution in [1.82, 2.24) is 5.43 Å². The average molecular weight is 421 g/mol. The Morgan fingerprint density at radius 1 is 1.10 bits per heavy atom. The number of nitrogens with two attached hydrogens (primary N) is 1. The smallest absolute Gasteiger partial charge is 0.206 e. The van der Waals surface area contributed by atoms with Crippen LogP contribution in [0.5, 0.6) is 0 Å². The van der Waals surface area contributed by atoms with Crippen LogP contribution in [0.2, 0.25) is 0 Å². The van der Waals surface area contributed by atoms with Crippen molar-refractivity contribution in [3.63, 3.8) is 0 Å². The van der Waals surface area contributed by atoms with Gasteiger partial charge in [-0.05, 0) is 93.8 Å². The highest BCUT2D eigenvalue weighted by Crippen LogP contribution is 2.70. The molecule has 4 aliphatic carbocycles. The second kappa shape index (κ2) is 7.45. The minimum absolute atomic E-state index is 0.160. The van der Waals surface area contributed by atoms with E-state index in [1.54, 1.807) is 6.21 Å². The highest BCUT2D eigenvalue weighted by molar-refractivity contribution is 5.75. The fourth-order valence-electron chi connectivity index (χ4n) is 8.20. The van der Waals surface area contributed by atoms with Crippen molar-refractivity contribution in [2.75, 3.05) is 0 Å². The van der Waals surface area contributed by atoms with Crippen LogP contribution in [0.25, 0.3) is 0 Å². The van der Waals surface area contributed by atoms with Crippen molar-refractivity contribution >= 4 is 12.2 Å². The zero-order valence-corrected chi connectivity index (χ0v) is 18.5. The Labute approximate surface area is 180 Å². The predicted octanol–water partition coefficient (Wildman–Crippen LogP) is 2.49. The molecule has 4 fully saturated rings. The molecule has 0 aromatic rings. The molecule has 8 atom stereocenters. The van der Waals surface area contributed by atoms with Gasteiger partial charge in [-0.3, -0.25) is 5.41 Å². The lowest BCUT2D eigenvalue weighted by Crippen LogP contribution is -2.65. The standard InChI is InChI=1S/C23H40N4O3/c1-20-9-6-16(28)14-15(20)4-5-18-17(20)7-10-21(2)22(29,11-12-23(18,21)30)8-3-13-26-27-19(24)25/h13,15-18,28-30H,3-12,14H2,1-2H3,(H4,24,25,27)/b26-13-/t15?,16?,17-,18-,20+,21-,22?,23-/m1/s1. The lowest BCUT2D eigenvalue weighted by atomic mass is 9.43. The fourth-order valence-corrected chi connectivity index (χ4v) is 8.20. The number of nitrogens with one attached hydrogen (secondary N) is 2. The van der Waals surface area contributed by atoms with Gasteiger partial charge in [0, 0.05) is 11.6 Å². The highest BCUT2D eigenvalue weighted by Gasteiger charge is 2.71. The topological polar surface area (TPSA) is 135 Å². The molecule has 30 heavy (non-hydrogen) atoms. The highest BCUT2D eigenvalue weighted by atomic mass is 16.3. The van der Waals surface area contributed by atoms with Crippen molar-refractivity contribution in [2.45, 2.75) is 102 Å². The van der Waals surface area contributed by atoms with E-state index in [-0.39, 0.29) is 23.4 Å². The van der Waals surface area contributed by atoms with Crippen molar-refractivity contribution in [1.29, 1.82) is 5.41 Å². The van der Waals surface area contributed by atoms with Gasteiger partial charge in [-0.2, -0.15) is 5.10 Å². The number of aliphatic hydroxyl groups is 3. The van der Waals surface area contributed by atoms with Crippen LogP contribution < -0.4 is 11.2 Å². The third-order valence-corrected chi connectivity index (χ3v) is 10.1. The van der Waals surface area contributed by atoms with Gasteiger partial charge in [0.2, 0.25) is 5.96 Å². The average Bonchev–Trinajstić information content (AvgIpc) is 2.89. The summed E-state index contributed by atoms with van der Waals surface area (Å²) >= 11 is 0. The summed E-state index contributed by atoms with van der Waals surface area (Å²) in [6.45, 7) is 4.52. The lowest BCUT2D eigenvalue weighted by Gasteiger charge is -2.64. The Kier molecular flexibility index (Phi) is 5.47. The molecule has 0 amide bonds. The summed E-state index contributed by atoms with van der Waals surface area (Å²) in [5, 5.41) is 45.1. The zero-order chi connectivity index (χ0) is 21.8. The van der Waals surface area contributed by atoms with Crippen LogP contribution in [0.3, 0.4) is 0 Å². The Bertz CT molecular complexity index is 717. The first-order valence-electron chi connectivity index (χ1n) is 11.8. The van der Waals surface area contributed by atoms with Gasteiger partial charge >= 0.3 is 0 Å². The molecule has 0 aromatic heterocycles. The molecule has 170 valence electrons. The molecule has 0 saturated heterocycles. The molecule has 7 nitrogen and oxygen atoms in total. The molecule has 0 heterocycles. The number of hydrogen-bond acceptors (Lipinski definition) is 5. The maximum atomic E-state index is 12.1. The summed E-state index contributed by atoms with van der Waals surface area (Å²) < 4.78 is 0. The van der Waals surface area contributed by atoms with Gasteiger partial charge in [0.05, 0.1) is 17.3 Å². The minimum Gasteiger partial charge on any atom is -0.393 e. The van der Waals surface area contributed by atoms with Crippen molar-refractivity contribution in [3.05, 3.63) is 0 Å². The first-order valence-corrected chi connectivity index (χ1v) is 11.8. The van der Waals surface area contributed by atoms with Crippen LogP contribution >= 0.6 is 0 Å². The van der Waals surface area contributed by atoms with E-state index in [9.17, 15) is 15.3 Å². The van der Waals surface area contributed by atoms with Gasteiger partial charge in [0.15, 0.2) is 0 Å². The fraction of sp³-hybridized carbons (Fsp3) is 0.913. The first-order chi connectivity index (χ1) is 14.1. The Balaban J connectivity index is 1.53. The molecule has 0 spiro atoms. The van der Waals surface area contributed by atoms with Gasteiger partial charge in [0.25, 0.3) is 0 Å². The van der Waals surface area contributed by atoms with E-state index < -0.39 is 16.6 Å². The maximum absolute atomic E-state index is 12.1. The van der Waals surface area contributed by atoms with Crippen LogP contribution in [-0.2, 0) is 0 Å². The van der Waals surface area contributed by atoms with Gasteiger partial charge in [0.1, 0.15) is 0 Å². The molecule has 4 rings (SSSR count). The SMILES string of the molecule is C[C@]12CCC(O)CC1CC[C@@H]1[C@H]2CC[C@]2(C)C(O)(CC/C=N\NC(=N)N)CC[C@@]12O. The Morgan fingerprint density at radius 3 is 2.60 bits per heavy atom. The largest absolute Gasteiger partial charge is 0.393 e. The zero-order valence-electron chi connectivity index (χ0n) is 18.5. The van der Waals surface area contributed by atoms with E-state index in [2.05, 4.69) is 24.4 Å². The van der Waals surface area contributed by atoms with Crippen LogP contribution in [0.15, 0.2) is 5.10 Å². The van der Waals surface area contributed by atoms with Crippen LogP contribution in [0.4, 0.5) is 0 Å². The summed E-state index contributed by atoms with van der Waals surface area (Å²) in [6, 6.07) is 0. The molecule has 0 bridgehead atoms. The summed E-state index contributed by atoms with van der Waals surface area (Å²) in [5.74, 6) is 1.06. The van der Waals surface area contributed by atoms with Gasteiger partial charge in [-0.15, -0.1) is 0 Å². The normalized spacial score (nSPS) is 50.6. The number of aliphatic hydroxyl groups excluding tert-OH is 1. The Hall–Kier alpha value is -1.18. The van der Waals surface area contributed by atoms with Gasteiger partial charge < -0.3 is 21.1 Å². The molecular formula is C23H40N4O3. The van der Waals surface area contributed by atoms with Crippen molar-refractivity contribution in [2.24, 2.45) is 39.4 Å². The van der Waals surface area contributed by atoms with E-state index in [4.69, 9.17) is 11.1 Å². The van der Waals surface area contributed by atoms with E-state index in [0.717, 1.165) is 44.9 Å². The van der Waals surface area contributed by atoms with E-state index in [1.165, 1.54) is 0 Å². The minimum atomic E-state index is -0.907. The summed E-state index contributed by atoms with van der Waals surface area (Å²) in [5.41, 5.74) is 5.60. The molecule has 7 N–H and O–H groups in total. The molecule has 7 heteroatoms. The molecule has 0 aliphatic heterocycles. The second-order valence-corrected chi connectivity index (χ2v) is 11.1. The number of hydrazone groups is 1. The number of fused-ring (bicyclic) bond motifs is 5. The lowest BCUT2D eigenvalue weighted by molar-refractivity contribution is -0.236. The predicted molar refractivity (Wildman–Crippen MR) is 117 cm³/mol. The monoisotopic (exact) mass is 420 g/mol. The van der Waals surface area contributed by atoms with E-state index in [1.807, 2.05) is 0 Å². The second-order valence-electron chi connectivity index (χ2n) is 11.1. The van der Waals surface area contributed by atoms with E-state index >= 15 is 0 Å². The summed E-state index contributed by atoms with van der Waals surface area (Å²) in [6.07, 6.45) is 10.7. The molecule has 4 saturated carbocycles. The first kappa shape index (κ1) is 22.0. The van der Waals surface area contributed by atoms with Gasteiger partial charge in [-0.1, -0.05) is 13.8 Å². The number of rotatable bonds is 4. The molecule has 0 aromatic carbocycles. The van der Waals surface area contributed by atoms with E-state index in [0.29, 0.717) is 37.5 Å². The van der Waals surface area contributed by atoms with Crippen molar-refractivity contribution < 1.29 is 15.3 Å². The van der Waals surface area contributed by atoms with Gasteiger partial charge in [-0.25, -0.2) is 5.43 Å². The molecule has 3 unspecified atom stereocenters. The van der Waals surface area contributed by atoms with Crippen molar-refractivity contribution in [3.8, 4) is 0 Å². The van der Waals surface area contributed by atoms with Crippen LogP contribution in [0.1, 0.15) is 84.5 Å². The summed E-state index contributed by atoms with van der Waals surface area (Å²) in [7, 11) is 0. The number of hydrogen-bond donors (Lipinski definition) is 6. The summed E-state index contributed by atoms with van der Waals surface area (Å²) in [4.78, 5) is 0. The third-order valence-electron chi connectivity index (χ3n) is 10.1.